The minimum absolute atomic E-state index is 0.0557. The second-order valence-corrected chi connectivity index (χ2v) is 3.50. The first-order valence-electron chi connectivity index (χ1n) is 4.88. The van der Waals surface area contributed by atoms with E-state index in [9.17, 15) is 4.79 Å². The number of aryl methyl sites for hydroxylation is 1. The van der Waals surface area contributed by atoms with Crippen molar-refractivity contribution in [3.05, 3.63) is 23.8 Å². The molecule has 1 unspecified atom stereocenters. The Kier molecular flexibility index (Phi) is 4.17. The monoisotopic (exact) mass is 208 g/mol. The van der Waals surface area contributed by atoms with Crippen LogP contribution in [0.2, 0.25) is 0 Å². The van der Waals surface area contributed by atoms with E-state index in [2.05, 4.69) is 15.3 Å². The molecule has 3 N–H and O–H groups in total. The highest BCUT2D eigenvalue weighted by molar-refractivity contribution is 5.78. The van der Waals surface area contributed by atoms with Crippen molar-refractivity contribution in [1.82, 2.24) is 15.3 Å². The second kappa shape index (κ2) is 5.41. The van der Waals surface area contributed by atoms with Crippen molar-refractivity contribution in [2.24, 2.45) is 11.7 Å². The first kappa shape index (κ1) is 11.6. The summed E-state index contributed by atoms with van der Waals surface area (Å²) in [6, 6.07) is 0. The van der Waals surface area contributed by atoms with Crippen molar-refractivity contribution in [3.63, 3.8) is 0 Å². The SMILES string of the molecule is Cc1cnc(CNC(=O)C(C)CN)cn1. The van der Waals surface area contributed by atoms with E-state index < -0.39 is 0 Å². The van der Waals surface area contributed by atoms with Gasteiger partial charge in [-0.3, -0.25) is 14.8 Å². The van der Waals surface area contributed by atoms with Gasteiger partial charge in [-0.05, 0) is 6.92 Å². The highest BCUT2D eigenvalue weighted by Gasteiger charge is 2.09. The van der Waals surface area contributed by atoms with E-state index >= 15 is 0 Å². The Morgan fingerprint density at radius 1 is 1.53 bits per heavy atom. The number of amides is 1. The van der Waals surface area contributed by atoms with E-state index in [-0.39, 0.29) is 11.8 Å². The van der Waals surface area contributed by atoms with Gasteiger partial charge in [-0.15, -0.1) is 0 Å². The maximum atomic E-state index is 11.4. The second-order valence-electron chi connectivity index (χ2n) is 3.50. The van der Waals surface area contributed by atoms with Crippen molar-refractivity contribution >= 4 is 5.91 Å². The zero-order valence-electron chi connectivity index (χ0n) is 9.03. The van der Waals surface area contributed by atoms with E-state index in [1.54, 1.807) is 19.3 Å². The lowest BCUT2D eigenvalue weighted by molar-refractivity contribution is -0.124. The average molecular weight is 208 g/mol. The molecule has 1 aromatic heterocycles. The quantitative estimate of drug-likeness (QED) is 0.729. The number of nitrogens with one attached hydrogen (secondary N) is 1. The number of rotatable bonds is 4. The number of hydrogen-bond donors (Lipinski definition) is 2. The Bertz CT molecular complexity index is 323. The van der Waals surface area contributed by atoms with E-state index in [1.807, 2.05) is 6.92 Å². The van der Waals surface area contributed by atoms with E-state index in [4.69, 9.17) is 5.73 Å². The summed E-state index contributed by atoms with van der Waals surface area (Å²) < 4.78 is 0. The molecule has 0 aromatic carbocycles. The molecule has 1 atom stereocenters. The van der Waals surface area contributed by atoms with Gasteiger partial charge in [0.1, 0.15) is 0 Å². The predicted octanol–water partition coefficient (Wildman–Crippen LogP) is -0.00398. The molecule has 0 fully saturated rings. The largest absolute Gasteiger partial charge is 0.350 e. The summed E-state index contributed by atoms with van der Waals surface area (Å²) in [5, 5.41) is 2.75. The highest BCUT2D eigenvalue weighted by Crippen LogP contribution is 1.95. The number of nitrogens with zero attached hydrogens (tertiary/aromatic N) is 2. The van der Waals surface area contributed by atoms with Crippen LogP contribution in [-0.4, -0.2) is 22.4 Å². The van der Waals surface area contributed by atoms with Gasteiger partial charge in [0, 0.05) is 18.7 Å². The molecular weight excluding hydrogens is 192 g/mol. The van der Waals surface area contributed by atoms with Gasteiger partial charge in [-0.2, -0.15) is 0 Å². The van der Waals surface area contributed by atoms with Gasteiger partial charge in [0.25, 0.3) is 0 Å². The van der Waals surface area contributed by atoms with Crippen molar-refractivity contribution in [2.45, 2.75) is 20.4 Å². The van der Waals surface area contributed by atoms with Crippen LogP contribution < -0.4 is 11.1 Å². The summed E-state index contributed by atoms with van der Waals surface area (Å²) in [4.78, 5) is 19.6. The minimum atomic E-state index is -0.164. The normalized spacial score (nSPS) is 12.2. The molecule has 82 valence electrons. The average Bonchev–Trinajstić information content (AvgIpc) is 2.26. The van der Waals surface area contributed by atoms with Gasteiger partial charge in [0.2, 0.25) is 5.91 Å². The molecule has 0 radical (unpaired) electrons. The molecule has 1 rings (SSSR count). The molecule has 5 heteroatoms. The lowest BCUT2D eigenvalue weighted by atomic mass is 10.2. The lowest BCUT2D eigenvalue weighted by Crippen LogP contribution is -2.33. The molecule has 15 heavy (non-hydrogen) atoms. The summed E-state index contributed by atoms with van der Waals surface area (Å²) in [5.74, 6) is -0.219. The van der Waals surface area contributed by atoms with Crippen molar-refractivity contribution in [2.75, 3.05) is 6.54 Å². The van der Waals surface area contributed by atoms with E-state index in [0.717, 1.165) is 11.4 Å². The van der Waals surface area contributed by atoms with Crippen molar-refractivity contribution < 1.29 is 4.79 Å². The Morgan fingerprint density at radius 2 is 2.27 bits per heavy atom. The topological polar surface area (TPSA) is 80.9 Å². The zero-order valence-corrected chi connectivity index (χ0v) is 9.03. The number of carbonyl (C=O) groups is 1. The molecule has 1 heterocycles. The summed E-state index contributed by atoms with van der Waals surface area (Å²) in [5.41, 5.74) is 6.98. The van der Waals surface area contributed by atoms with Crippen LogP contribution in [0.4, 0.5) is 0 Å². The fourth-order valence-corrected chi connectivity index (χ4v) is 0.970. The summed E-state index contributed by atoms with van der Waals surface area (Å²) in [6.07, 6.45) is 3.33. The highest BCUT2D eigenvalue weighted by atomic mass is 16.1. The van der Waals surface area contributed by atoms with Crippen LogP contribution in [0.15, 0.2) is 12.4 Å². The molecule has 0 spiro atoms. The smallest absolute Gasteiger partial charge is 0.224 e. The van der Waals surface area contributed by atoms with Gasteiger partial charge < -0.3 is 11.1 Å². The van der Waals surface area contributed by atoms with E-state index in [1.165, 1.54) is 0 Å². The van der Waals surface area contributed by atoms with Crippen molar-refractivity contribution in [1.29, 1.82) is 0 Å². The lowest BCUT2D eigenvalue weighted by Gasteiger charge is -2.09. The number of carbonyl (C=O) groups excluding carboxylic acids is 1. The van der Waals surface area contributed by atoms with Gasteiger partial charge in [0.15, 0.2) is 0 Å². The molecule has 1 amide bonds. The number of nitrogens with two attached hydrogens (primary N) is 1. The molecule has 0 aliphatic carbocycles. The first-order valence-corrected chi connectivity index (χ1v) is 4.88. The molecular formula is C10H16N4O. The molecule has 5 nitrogen and oxygen atoms in total. The van der Waals surface area contributed by atoms with Crippen LogP contribution in [0.1, 0.15) is 18.3 Å². The van der Waals surface area contributed by atoms with Gasteiger partial charge >= 0.3 is 0 Å². The van der Waals surface area contributed by atoms with E-state index in [0.29, 0.717) is 13.1 Å². The maximum absolute atomic E-state index is 11.4. The van der Waals surface area contributed by atoms with Crippen LogP contribution in [0.25, 0.3) is 0 Å². The summed E-state index contributed by atoms with van der Waals surface area (Å²) >= 11 is 0. The Morgan fingerprint density at radius 3 is 2.80 bits per heavy atom. The van der Waals surface area contributed by atoms with Crippen LogP contribution in [0.3, 0.4) is 0 Å². The summed E-state index contributed by atoms with van der Waals surface area (Å²) in [6.45, 7) is 4.41. The molecule has 0 saturated heterocycles. The Balaban J connectivity index is 2.43. The van der Waals surface area contributed by atoms with Crippen LogP contribution in [-0.2, 0) is 11.3 Å². The summed E-state index contributed by atoms with van der Waals surface area (Å²) in [7, 11) is 0. The van der Waals surface area contributed by atoms with Crippen molar-refractivity contribution in [3.8, 4) is 0 Å². The van der Waals surface area contributed by atoms with Gasteiger partial charge in [0.05, 0.1) is 24.1 Å². The molecule has 0 aliphatic rings. The maximum Gasteiger partial charge on any atom is 0.224 e. The number of aromatic nitrogens is 2. The Hall–Kier alpha value is -1.49. The predicted molar refractivity (Wildman–Crippen MR) is 56.8 cm³/mol. The zero-order chi connectivity index (χ0) is 11.3. The minimum Gasteiger partial charge on any atom is -0.350 e. The number of hydrogen-bond acceptors (Lipinski definition) is 4. The first-order chi connectivity index (χ1) is 7.13. The molecule has 0 aliphatic heterocycles. The third-order valence-corrected chi connectivity index (χ3v) is 2.08. The Labute approximate surface area is 89.1 Å². The fraction of sp³-hybridized carbons (Fsp3) is 0.500. The fourth-order valence-electron chi connectivity index (χ4n) is 0.970. The van der Waals surface area contributed by atoms with Crippen LogP contribution in [0.5, 0.6) is 0 Å². The van der Waals surface area contributed by atoms with Crippen LogP contribution >= 0.6 is 0 Å². The molecule has 0 bridgehead atoms. The standard InChI is InChI=1S/C10H16N4O/c1-7(3-11)10(15)14-6-9-5-12-8(2)4-13-9/h4-5,7H,3,6,11H2,1-2H3,(H,14,15). The molecule has 0 saturated carbocycles. The third-order valence-electron chi connectivity index (χ3n) is 2.08. The van der Waals surface area contributed by atoms with Gasteiger partial charge in [-0.25, -0.2) is 0 Å². The van der Waals surface area contributed by atoms with Crippen LogP contribution in [0, 0.1) is 12.8 Å². The third kappa shape index (κ3) is 3.63. The molecule has 1 aromatic rings. The van der Waals surface area contributed by atoms with Gasteiger partial charge in [-0.1, -0.05) is 6.92 Å².